The highest BCUT2D eigenvalue weighted by atomic mass is 32.2. The number of rotatable bonds is 10. The van der Waals surface area contributed by atoms with E-state index < -0.39 is 10.0 Å². The highest BCUT2D eigenvalue weighted by molar-refractivity contribution is 7.89. The van der Waals surface area contributed by atoms with Crippen LogP contribution in [0.3, 0.4) is 0 Å². The number of hydrogen-bond donors (Lipinski definition) is 1. The maximum Gasteiger partial charge on any atom is 0.257 e. The van der Waals surface area contributed by atoms with Crippen LogP contribution in [0.5, 0.6) is 11.5 Å². The molecule has 1 heterocycles. The molecule has 0 aromatic heterocycles. The van der Waals surface area contributed by atoms with Crippen LogP contribution in [-0.2, 0) is 14.8 Å². The van der Waals surface area contributed by atoms with Gasteiger partial charge in [-0.3, -0.25) is 9.69 Å². The zero-order valence-electron chi connectivity index (χ0n) is 17.7. The first-order valence-corrected chi connectivity index (χ1v) is 11.8. The second-order valence-corrected chi connectivity index (χ2v) is 9.04. The number of benzene rings is 2. The summed E-state index contributed by atoms with van der Waals surface area (Å²) < 4.78 is 37.7. The van der Waals surface area contributed by atoms with Crippen LogP contribution in [0.1, 0.15) is 6.92 Å². The molecule has 2 aromatic rings. The number of amides is 1. The van der Waals surface area contributed by atoms with E-state index in [1.807, 2.05) is 6.92 Å². The quantitative estimate of drug-likeness (QED) is 0.595. The van der Waals surface area contributed by atoms with Gasteiger partial charge >= 0.3 is 0 Å². The summed E-state index contributed by atoms with van der Waals surface area (Å²) >= 11 is 0. The lowest BCUT2D eigenvalue weighted by Gasteiger charge is -2.33. The summed E-state index contributed by atoms with van der Waals surface area (Å²) in [5.74, 6) is 1.17. The number of sulfonamides is 1. The van der Waals surface area contributed by atoms with Gasteiger partial charge in [0.25, 0.3) is 5.91 Å². The molecule has 0 atom stereocenters. The topological polar surface area (TPSA) is 88.2 Å². The van der Waals surface area contributed by atoms with E-state index in [2.05, 4.69) is 10.2 Å². The molecule has 168 valence electrons. The standard InChI is InChI=1S/C22H29N3O5S/c1-2-29-19-8-10-20(11-9-19)30-18-22(26)23-12-13-24-14-16-25(17-15-24)31(27,28)21-6-4-3-5-7-21/h3-11H,2,12-18H2,1H3,(H,23,26). The second kappa shape index (κ2) is 11.1. The molecular weight excluding hydrogens is 418 g/mol. The van der Waals surface area contributed by atoms with Crippen LogP contribution in [0, 0.1) is 0 Å². The van der Waals surface area contributed by atoms with Gasteiger partial charge in [-0.25, -0.2) is 8.42 Å². The van der Waals surface area contributed by atoms with Crippen LogP contribution in [0.15, 0.2) is 59.5 Å². The first kappa shape index (κ1) is 23.1. The third-order valence-electron chi connectivity index (χ3n) is 4.97. The average molecular weight is 448 g/mol. The van der Waals surface area contributed by atoms with Gasteiger partial charge in [0, 0.05) is 39.3 Å². The van der Waals surface area contributed by atoms with Gasteiger partial charge in [-0.1, -0.05) is 18.2 Å². The molecule has 1 fully saturated rings. The van der Waals surface area contributed by atoms with E-state index in [-0.39, 0.29) is 12.5 Å². The Labute approximate surface area is 183 Å². The summed E-state index contributed by atoms with van der Waals surface area (Å²) in [5.41, 5.74) is 0. The minimum absolute atomic E-state index is 0.0585. The fraction of sp³-hybridized carbons (Fsp3) is 0.409. The number of hydrogen-bond acceptors (Lipinski definition) is 6. The van der Waals surface area contributed by atoms with Crippen molar-refractivity contribution in [2.24, 2.45) is 0 Å². The Bertz CT molecular complexity index is 927. The Kier molecular flexibility index (Phi) is 8.27. The minimum atomic E-state index is -3.45. The number of nitrogens with zero attached hydrogens (tertiary/aromatic N) is 2. The molecule has 0 saturated carbocycles. The Balaban J connectivity index is 1.34. The SMILES string of the molecule is CCOc1ccc(OCC(=O)NCCN2CCN(S(=O)(=O)c3ccccc3)CC2)cc1. The molecule has 0 unspecified atom stereocenters. The fourth-order valence-corrected chi connectivity index (χ4v) is 4.73. The Morgan fingerprint density at radius 3 is 2.16 bits per heavy atom. The molecule has 0 bridgehead atoms. The number of nitrogens with one attached hydrogen (secondary N) is 1. The van der Waals surface area contributed by atoms with Crippen LogP contribution in [0.25, 0.3) is 0 Å². The number of carbonyl (C=O) groups is 1. The first-order valence-electron chi connectivity index (χ1n) is 10.4. The summed E-state index contributed by atoms with van der Waals surface area (Å²) in [5, 5.41) is 2.84. The summed E-state index contributed by atoms with van der Waals surface area (Å²) in [6.07, 6.45) is 0. The molecule has 1 saturated heterocycles. The second-order valence-electron chi connectivity index (χ2n) is 7.10. The van der Waals surface area contributed by atoms with Gasteiger partial charge in [-0.05, 0) is 43.3 Å². The van der Waals surface area contributed by atoms with Crippen molar-refractivity contribution in [3.63, 3.8) is 0 Å². The molecule has 0 spiro atoms. The Hall–Kier alpha value is -2.62. The highest BCUT2D eigenvalue weighted by Crippen LogP contribution is 2.18. The normalized spacial score (nSPS) is 15.4. The minimum Gasteiger partial charge on any atom is -0.494 e. The van der Waals surface area contributed by atoms with Crippen LogP contribution in [0.2, 0.25) is 0 Å². The Morgan fingerprint density at radius 2 is 1.55 bits per heavy atom. The van der Waals surface area contributed by atoms with Gasteiger partial charge in [0.15, 0.2) is 6.61 Å². The summed E-state index contributed by atoms with van der Waals surface area (Å²) in [6, 6.07) is 15.6. The largest absolute Gasteiger partial charge is 0.494 e. The van der Waals surface area contributed by atoms with E-state index in [1.54, 1.807) is 54.6 Å². The van der Waals surface area contributed by atoms with Crippen molar-refractivity contribution in [3.05, 3.63) is 54.6 Å². The molecule has 1 amide bonds. The third kappa shape index (κ3) is 6.68. The summed E-state index contributed by atoms with van der Waals surface area (Å²) in [6.45, 7) is 5.73. The van der Waals surface area contributed by atoms with Gasteiger partial charge in [0.1, 0.15) is 11.5 Å². The van der Waals surface area contributed by atoms with Crippen molar-refractivity contribution in [2.45, 2.75) is 11.8 Å². The monoisotopic (exact) mass is 447 g/mol. The molecule has 1 N–H and O–H groups in total. The molecule has 2 aromatic carbocycles. The van der Waals surface area contributed by atoms with Crippen molar-refractivity contribution in [1.82, 2.24) is 14.5 Å². The molecule has 0 radical (unpaired) electrons. The van der Waals surface area contributed by atoms with Crippen LogP contribution in [-0.4, -0.2) is 76.0 Å². The van der Waals surface area contributed by atoms with Crippen molar-refractivity contribution < 1.29 is 22.7 Å². The van der Waals surface area contributed by atoms with E-state index in [9.17, 15) is 13.2 Å². The molecule has 0 aliphatic carbocycles. The third-order valence-corrected chi connectivity index (χ3v) is 6.88. The maximum atomic E-state index is 12.7. The zero-order chi connectivity index (χ0) is 22.1. The molecule has 1 aliphatic rings. The Morgan fingerprint density at radius 1 is 0.935 bits per heavy atom. The molecule has 31 heavy (non-hydrogen) atoms. The number of piperazine rings is 1. The lowest BCUT2D eigenvalue weighted by molar-refractivity contribution is -0.123. The van der Waals surface area contributed by atoms with Crippen molar-refractivity contribution >= 4 is 15.9 Å². The van der Waals surface area contributed by atoms with Crippen molar-refractivity contribution in [3.8, 4) is 11.5 Å². The predicted octanol–water partition coefficient (Wildman–Crippen LogP) is 1.59. The zero-order valence-corrected chi connectivity index (χ0v) is 18.5. The molecule has 3 rings (SSSR count). The van der Waals surface area contributed by atoms with Gasteiger partial charge in [0.05, 0.1) is 11.5 Å². The van der Waals surface area contributed by atoms with Gasteiger partial charge in [-0.15, -0.1) is 0 Å². The van der Waals surface area contributed by atoms with Gasteiger partial charge in [0.2, 0.25) is 10.0 Å². The van der Waals surface area contributed by atoms with Gasteiger partial charge in [-0.2, -0.15) is 4.31 Å². The lowest BCUT2D eigenvalue weighted by atomic mass is 10.3. The average Bonchev–Trinajstić information content (AvgIpc) is 2.80. The fourth-order valence-electron chi connectivity index (χ4n) is 3.29. The van der Waals surface area contributed by atoms with E-state index >= 15 is 0 Å². The molecule has 8 nitrogen and oxygen atoms in total. The predicted molar refractivity (Wildman–Crippen MR) is 118 cm³/mol. The summed E-state index contributed by atoms with van der Waals surface area (Å²) in [7, 11) is -3.45. The first-order chi connectivity index (χ1) is 15.0. The van der Waals surface area contributed by atoms with Crippen LogP contribution in [0.4, 0.5) is 0 Å². The van der Waals surface area contributed by atoms with Crippen molar-refractivity contribution in [2.75, 3.05) is 52.5 Å². The smallest absolute Gasteiger partial charge is 0.257 e. The molecule has 9 heteroatoms. The van der Waals surface area contributed by atoms with E-state index in [0.29, 0.717) is 56.5 Å². The number of carbonyl (C=O) groups excluding carboxylic acids is 1. The maximum absolute atomic E-state index is 12.7. The molecule has 1 aliphatic heterocycles. The number of ether oxygens (including phenoxy) is 2. The molecular formula is C22H29N3O5S. The van der Waals surface area contributed by atoms with E-state index in [4.69, 9.17) is 9.47 Å². The van der Waals surface area contributed by atoms with Crippen LogP contribution >= 0.6 is 0 Å². The highest BCUT2D eigenvalue weighted by Gasteiger charge is 2.28. The van der Waals surface area contributed by atoms with E-state index in [0.717, 1.165) is 5.75 Å². The van der Waals surface area contributed by atoms with Gasteiger partial charge < -0.3 is 14.8 Å². The van der Waals surface area contributed by atoms with Crippen molar-refractivity contribution in [1.29, 1.82) is 0 Å². The lowest BCUT2D eigenvalue weighted by Crippen LogP contribution is -2.50. The van der Waals surface area contributed by atoms with E-state index in [1.165, 1.54) is 4.31 Å². The summed E-state index contributed by atoms with van der Waals surface area (Å²) in [4.78, 5) is 14.5. The van der Waals surface area contributed by atoms with Crippen LogP contribution < -0.4 is 14.8 Å².